The summed E-state index contributed by atoms with van der Waals surface area (Å²) in [4.78, 5) is 30.6. The van der Waals surface area contributed by atoms with Crippen LogP contribution < -0.4 is 5.32 Å². The first-order valence-electron chi connectivity index (χ1n) is 8.46. The molecule has 0 saturated carbocycles. The van der Waals surface area contributed by atoms with E-state index in [2.05, 4.69) is 10.3 Å². The molecule has 1 aromatic heterocycles. The Labute approximate surface area is 147 Å². The Morgan fingerprint density at radius 3 is 2.76 bits per heavy atom. The first-order chi connectivity index (χ1) is 11.8. The molecule has 1 unspecified atom stereocenters. The van der Waals surface area contributed by atoms with E-state index < -0.39 is 5.60 Å². The number of carbonyl (C=O) groups excluding carboxylic acids is 2. The van der Waals surface area contributed by atoms with Crippen LogP contribution in [0, 0.1) is 5.92 Å². The number of para-hydroxylation sites is 1. The fourth-order valence-electron chi connectivity index (χ4n) is 2.91. The summed E-state index contributed by atoms with van der Waals surface area (Å²) >= 11 is 0. The van der Waals surface area contributed by atoms with Crippen molar-refractivity contribution in [3.05, 3.63) is 36.5 Å². The number of ether oxygens (including phenoxy) is 1. The van der Waals surface area contributed by atoms with Gasteiger partial charge in [0.1, 0.15) is 5.60 Å². The van der Waals surface area contributed by atoms with Crippen molar-refractivity contribution in [2.75, 3.05) is 18.4 Å². The predicted molar refractivity (Wildman–Crippen MR) is 96.3 cm³/mol. The van der Waals surface area contributed by atoms with Crippen LogP contribution in [0.2, 0.25) is 0 Å². The summed E-state index contributed by atoms with van der Waals surface area (Å²) in [6.45, 7) is 6.41. The van der Waals surface area contributed by atoms with Crippen LogP contribution in [-0.4, -0.2) is 40.6 Å². The third-order valence-electron chi connectivity index (χ3n) is 4.12. The highest BCUT2D eigenvalue weighted by Crippen LogP contribution is 2.24. The summed E-state index contributed by atoms with van der Waals surface area (Å²) in [5.41, 5.74) is 1.04. The van der Waals surface area contributed by atoms with Gasteiger partial charge in [0.25, 0.3) is 0 Å². The van der Waals surface area contributed by atoms with E-state index in [-0.39, 0.29) is 17.9 Å². The third-order valence-corrected chi connectivity index (χ3v) is 4.12. The van der Waals surface area contributed by atoms with Gasteiger partial charge in [-0.25, -0.2) is 4.79 Å². The summed E-state index contributed by atoms with van der Waals surface area (Å²) < 4.78 is 5.37. The summed E-state index contributed by atoms with van der Waals surface area (Å²) in [6, 6.07) is 9.46. The van der Waals surface area contributed by atoms with E-state index in [9.17, 15) is 9.59 Å². The fourth-order valence-corrected chi connectivity index (χ4v) is 2.91. The lowest BCUT2D eigenvalue weighted by molar-refractivity contribution is -0.119. The van der Waals surface area contributed by atoms with Crippen LogP contribution in [0.15, 0.2) is 36.5 Å². The highest BCUT2D eigenvalue weighted by Gasteiger charge is 2.33. The molecule has 1 aliphatic rings. The molecule has 2 aromatic rings. The molecule has 0 radical (unpaired) electrons. The molecule has 3 rings (SSSR count). The number of carbonyl (C=O) groups is 2. The maximum atomic E-state index is 12.6. The minimum absolute atomic E-state index is 0.0811. The number of pyridine rings is 1. The molecule has 0 bridgehead atoms. The van der Waals surface area contributed by atoms with Gasteiger partial charge < -0.3 is 15.0 Å². The lowest BCUT2D eigenvalue weighted by Gasteiger charge is -2.24. The first kappa shape index (κ1) is 17.2. The average molecular weight is 341 g/mol. The van der Waals surface area contributed by atoms with Crippen molar-refractivity contribution in [2.45, 2.75) is 32.8 Å². The molecule has 1 N–H and O–H groups in total. The normalized spacial score (nSPS) is 17.6. The number of fused-ring (bicyclic) bond motifs is 1. The van der Waals surface area contributed by atoms with Crippen LogP contribution in [0.25, 0.3) is 10.9 Å². The summed E-state index contributed by atoms with van der Waals surface area (Å²) in [5, 5.41) is 3.88. The van der Waals surface area contributed by atoms with Crippen LogP contribution in [0.3, 0.4) is 0 Å². The molecule has 6 nitrogen and oxygen atoms in total. The molecule has 6 heteroatoms. The van der Waals surface area contributed by atoms with Crippen molar-refractivity contribution in [1.82, 2.24) is 9.88 Å². The molecule has 1 fully saturated rings. The first-order valence-corrected chi connectivity index (χ1v) is 8.46. The minimum Gasteiger partial charge on any atom is -0.444 e. The number of likely N-dealkylation sites (tertiary alicyclic amines) is 1. The van der Waals surface area contributed by atoms with Crippen molar-refractivity contribution < 1.29 is 14.3 Å². The van der Waals surface area contributed by atoms with Crippen LogP contribution in [0.4, 0.5) is 10.5 Å². The SMILES string of the molecule is CC(C)(C)OC(=O)N1CCC(C(=O)Nc2ccnc3ccccc23)C1. The molecule has 2 amide bonds. The van der Waals surface area contributed by atoms with E-state index in [1.807, 2.05) is 45.0 Å². The van der Waals surface area contributed by atoms with E-state index in [1.165, 1.54) is 0 Å². The Morgan fingerprint density at radius 1 is 1.24 bits per heavy atom. The minimum atomic E-state index is -0.534. The molecule has 0 aliphatic carbocycles. The molecule has 1 saturated heterocycles. The van der Waals surface area contributed by atoms with Crippen LogP contribution in [0.1, 0.15) is 27.2 Å². The molecule has 25 heavy (non-hydrogen) atoms. The van der Waals surface area contributed by atoms with Gasteiger partial charge >= 0.3 is 6.09 Å². The number of anilines is 1. The van der Waals surface area contributed by atoms with Gasteiger partial charge in [-0.1, -0.05) is 18.2 Å². The topological polar surface area (TPSA) is 71.5 Å². The second kappa shape index (κ2) is 6.70. The zero-order chi connectivity index (χ0) is 18.0. The summed E-state index contributed by atoms with van der Waals surface area (Å²) in [6.07, 6.45) is 1.95. The fraction of sp³-hybridized carbons (Fsp3) is 0.421. The molecule has 2 heterocycles. The summed E-state index contributed by atoms with van der Waals surface area (Å²) in [7, 11) is 0. The molecule has 1 aliphatic heterocycles. The average Bonchev–Trinajstić information content (AvgIpc) is 3.04. The van der Waals surface area contributed by atoms with E-state index in [4.69, 9.17) is 4.74 Å². The van der Waals surface area contributed by atoms with Crippen molar-refractivity contribution in [1.29, 1.82) is 0 Å². The predicted octanol–water partition coefficient (Wildman–Crippen LogP) is 3.43. The Hall–Kier alpha value is -2.63. The molecular formula is C19H23N3O3. The number of rotatable bonds is 2. The van der Waals surface area contributed by atoms with Gasteiger partial charge in [-0.05, 0) is 39.3 Å². The Kier molecular flexibility index (Phi) is 4.61. The highest BCUT2D eigenvalue weighted by molar-refractivity contribution is 6.01. The van der Waals surface area contributed by atoms with Gasteiger partial charge in [-0.2, -0.15) is 0 Å². The number of nitrogens with zero attached hydrogens (tertiary/aromatic N) is 2. The van der Waals surface area contributed by atoms with Crippen LogP contribution in [-0.2, 0) is 9.53 Å². The molecular weight excluding hydrogens is 318 g/mol. The Balaban J connectivity index is 1.65. The van der Waals surface area contributed by atoms with Crippen molar-refractivity contribution in [3.8, 4) is 0 Å². The summed E-state index contributed by atoms with van der Waals surface area (Å²) in [5.74, 6) is -0.318. The Bertz CT molecular complexity index is 793. The number of hydrogen-bond donors (Lipinski definition) is 1. The number of aromatic nitrogens is 1. The quantitative estimate of drug-likeness (QED) is 0.908. The van der Waals surface area contributed by atoms with E-state index in [0.717, 1.165) is 16.6 Å². The molecule has 0 spiro atoms. The molecule has 1 aromatic carbocycles. The lowest BCUT2D eigenvalue weighted by atomic mass is 10.1. The monoisotopic (exact) mass is 341 g/mol. The number of nitrogens with one attached hydrogen (secondary N) is 1. The lowest BCUT2D eigenvalue weighted by Crippen LogP contribution is -2.36. The number of benzene rings is 1. The smallest absolute Gasteiger partial charge is 0.410 e. The van der Waals surface area contributed by atoms with Gasteiger partial charge in [0.15, 0.2) is 0 Å². The van der Waals surface area contributed by atoms with E-state index >= 15 is 0 Å². The molecule has 1 atom stereocenters. The van der Waals surface area contributed by atoms with E-state index in [0.29, 0.717) is 19.5 Å². The van der Waals surface area contributed by atoms with Crippen molar-refractivity contribution in [2.24, 2.45) is 5.92 Å². The second-order valence-corrected chi connectivity index (χ2v) is 7.28. The van der Waals surface area contributed by atoms with Crippen molar-refractivity contribution >= 4 is 28.6 Å². The number of amides is 2. The standard InChI is InChI=1S/C19H23N3O3/c1-19(2,3)25-18(24)22-11-9-13(12-22)17(23)21-16-8-10-20-15-7-5-4-6-14(15)16/h4-8,10,13H,9,11-12H2,1-3H3,(H,20,21,23). The van der Waals surface area contributed by atoms with Crippen LogP contribution in [0.5, 0.6) is 0 Å². The maximum Gasteiger partial charge on any atom is 0.410 e. The van der Waals surface area contributed by atoms with Crippen LogP contribution >= 0.6 is 0 Å². The van der Waals surface area contributed by atoms with Gasteiger partial charge in [-0.15, -0.1) is 0 Å². The van der Waals surface area contributed by atoms with E-state index in [1.54, 1.807) is 17.2 Å². The molecule has 132 valence electrons. The zero-order valence-corrected chi connectivity index (χ0v) is 14.8. The maximum absolute atomic E-state index is 12.6. The van der Waals surface area contributed by atoms with Crippen molar-refractivity contribution in [3.63, 3.8) is 0 Å². The highest BCUT2D eigenvalue weighted by atomic mass is 16.6. The van der Waals surface area contributed by atoms with Gasteiger partial charge in [0, 0.05) is 24.7 Å². The number of hydrogen-bond acceptors (Lipinski definition) is 4. The Morgan fingerprint density at radius 2 is 2.00 bits per heavy atom. The van der Waals surface area contributed by atoms with Gasteiger partial charge in [0.05, 0.1) is 17.1 Å². The van der Waals surface area contributed by atoms with Gasteiger partial charge in [0.2, 0.25) is 5.91 Å². The third kappa shape index (κ3) is 4.07. The van der Waals surface area contributed by atoms with Gasteiger partial charge in [-0.3, -0.25) is 9.78 Å². The second-order valence-electron chi connectivity index (χ2n) is 7.28. The largest absolute Gasteiger partial charge is 0.444 e. The zero-order valence-electron chi connectivity index (χ0n) is 14.8.